The maximum atomic E-state index is 11.6. The van der Waals surface area contributed by atoms with Gasteiger partial charge < -0.3 is 10.4 Å². The first kappa shape index (κ1) is 17.6. The van der Waals surface area contributed by atoms with Gasteiger partial charge in [0.2, 0.25) is 5.91 Å². The largest absolute Gasteiger partial charge is 0.392 e. The van der Waals surface area contributed by atoms with E-state index in [1.165, 1.54) is 35.6 Å². The third kappa shape index (κ3) is 3.18. The van der Waals surface area contributed by atoms with Gasteiger partial charge in [-0.2, -0.15) is 0 Å². The lowest BCUT2D eigenvalue weighted by atomic mass is 9.81. The quantitative estimate of drug-likeness (QED) is 0.633. The van der Waals surface area contributed by atoms with Crippen LogP contribution in [0.2, 0.25) is 0 Å². The SMILES string of the molecule is C#Cc1ccc(-c2cc(CNC(=O)C=C)c(CO)c3c2C2CC2CC3)cc1. The molecule has 1 fully saturated rings. The average molecular weight is 357 g/mol. The van der Waals surface area contributed by atoms with Crippen molar-refractivity contribution in [2.45, 2.75) is 38.3 Å². The number of terminal acetylenes is 1. The molecular formula is C24H23NO2. The van der Waals surface area contributed by atoms with Crippen LogP contribution in [0.5, 0.6) is 0 Å². The number of benzene rings is 2. The number of hydrogen-bond acceptors (Lipinski definition) is 2. The fourth-order valence-corrected chi connectivity index (χ4v) is 4.41. The molecule has 0 spiro atoms. The Kier molecular flexibility index (Phi) is 4.59. The molecule has 2 aliphatic carbocycles. The van der Waals surface area contributed by atoms with Crippen molar-refractivity contribution in [1.29, 1.82) is 0 Å². The monoisotopic (exact) mass is 357 g/mol. The van der Waals surface area contributed by atoms with E-state index in [0.29, 0.717) is 12.5 Å². The van der Waals surface area contributed by atoms with Crippen LogP contribution in [0.15, 0.2) is 43.0 Å². The summed E-state index contributed by atoms with van der Waals surface area (Å²) in [7, 11) is 0. The predicted molar refractivity (Wildman–Crippen MR) is 107 cm³/mol. The Morgan fingerprint density at radius 3 is 2.81 bits per heavy atom. The van der Waals surface area contributed by atoms with E-state index in [1.807, 2.05) is 12.1 Å². The van der Waals surface area contributed by atoms with E-state index >= 15 is 0 Å². The van der Waals surface area contributed by atoms with Crippen LogP contribution >= 0.6 is 0 Å². The number of hydrogen-bond donors (Lipinski definition) is 2. The van der Waals surface area contributed by atoms with E-state index in [-0.39, 0.29) is 12.5 Å². The number of carbonyl (C=O) groups excluding carboxylic acids is 1. The summed E-state index contributed by atoms with van der Waals surface area (Å²) in [6.45, 7) is 3.89. The summed E-state index contributed by atoms with van der Waals surface area (Å²) in [6.07, 6.45) is 10.2. The Balaban J connectivity index is 1.84. The van der Waals surface area contributed by atoms with Crippen LogP contribution in [-0.2, 0) is 24.4 Å². The third-order valence-electron chi connectivity index (χ3n) is 5.90. The second-order valence-electron chi connectivity index (χ2n) is 7.40. The first-order valence-electron chi connectivity index (χ1n) is 9.42. The van der Waals surface area contributed by atoms with Crippen molar-refractivity contribution in [3.05, 3.63) is 70.8 Å². The van der Waals surface area contributed by atoms with Crippen molar-refractivity contribution >= 4 is 5.91 Å². The maximum Gasteiger partial charge on any atom is 0.243 e. The first-order chi connectivity index (χ1) is 13.2. The predicted octanol–water partition coefficient (Wildman–Crippen LogP) is 3.68. The molecule has 2 aromatic rings. The van der Waals surface area contributed by atoms with Gasteiger partial charge in [-0.1, -0.05) is 24.6 Å². The van der Waals surface area contributed by atoms with Crippen LogP contribution in [0.25, 0.3) is 11.1 Å². The first-order valence-corrected chi connectivity index (χ1v) is 9.42. The minimum atomic E-state index is -0.209. The molecule has 2 unspecified atom stereocenters. The van der Waals surface area contributed by atoms with E-state index in [0.717, 1.165) is 34.6 Å². The van der Waals surface area contributed by atoms with Crippen LogP contribution < -0.4 is 5.32 Å². The zero-order valence-corrected chi connectivity index (χ0v) is 15.3. The Morgan fingerprint density at radius 2 is 2.15 bits per heavy atom. The molecule has 0 radical (unpaired) electrons. The summed E-state index contributed by atoms with van der Waals surface area (Å²) in [5, 5.41) is 12.9. The van der Waals surface area contributed by atoms with E-state index < -0.39 is 0 Å². The molecule has 27 heavy (non-hydrogen) atoms. The van der Waals surface area contributed by atoms with E-state index in [2.05, 4.69) is 36.0 Å². The molecule has 2 N–H and O–H groups in total. The molecule has 3 nitrogen and oxygen atoms in total. The van der Waals surface area contributed by atoms with Crippen LogP contribution in [0.4, 0.5) is 0 Å². The summed E-state index contributed by atoms with van der Waals surface area (Å²) < 4.78 is 0. The minimum absolute atomic E-state index is 0.00464. The molecule has 136 valence electrons. The lowest BCUT2D eigenvalue weighted by Crippen LogP contribution is -2.22. The highest BCUT2D eigenvalue weighted by molar-refractivity contribution is 5.86. The normalized spacial score (nSPS) is 19.4. The molecule has 3 heteroatoms. The van der Waals surface area contributed by atoms with Crippen molar-refractivity contribution in [3.8, 4) is 23.5 Å². The molecule has 0 aromatic heterocycles. The van der Waals surface area contributed by atoms with Gasteiger partial charge in [0, 0.05) is 12.1 Å². The zero-order valence-electron chi connectivity index (χ0n) is 15.3. The highest BCUT2D eigenvalue weighted by Crippen LogP contribution is 2.57. The summed E-state index contributed by atoms with van der Waals surface area (Å²) in [6, 6.07) is 10.2. The number of fused-ring (bicyclic) bond motifs is 3. The Bertz CT molecular complexity index is 950. The summed E-state index contributed by atoms with van der Waals surface area (Å²) >= 11 is 0. The summed E-state index contributed by atoms with van der Waals surface area (Å²) in [4.78, 5) is 11.6. The average Bonchev–Trinajstić information content (AvgIpc) is 3.51. The van der Waals surface area contributed by atoms with Gasteiger partial charge in [0.1, 0.15) is 0 Å². The summed E-state index contributed by atoms with van der Waals surface area (Å²) in [5.41, 5.74) is 7.83. The Hall–Kier alpha value is -2.83. The van der Waals surface area contributed by atoms with Gasteiger partial charge in [0.25, 0.3) is 0 Å². The van der Waals surface area contributed by atoms with Gasteiger partial charge in [-0.3, -0.25) is 4.79 Å². The van der Waals surface area contributed by atoms with E-state index in [9.17, 15) is 9.90 Å². The molecule has 0 aliphatic heterocycles. The fourth-order valence-electron chi connectivity index (χ4n) is 4.41. The van der Waals surface area contributed by atoms with Crippen molar-refractivity contribution in [1.82, 2.24) is 5.32 Å². The number of nitrogens with one attached hydrogen (secondary N) is 1. The van der Waals surface area contributed by atoms with E-state index in [1.54, 1.807) is 0 Å². The third-order valence-corrected chi connectivity index (χ3v) is 5.90. The van der Waals surface area contributed by atoms with Crippen LogP contribution in [0.1, 0.15) is 46.6 Å². The smallest absolute Gasteiger partial charge is 0.243 e. The summed E-state index contributed by atoms with van der Waals surface area (Å²) in [5.74, 6) is 3.83. The second kappa shape index (κ2) is 7.06. The van der Waals surface area contributed by atoms with E-state index in [4.69, 9.17) is 6.42 Å². The molecule has 4 rings (SSSR count). The van der Waals surface area contributed by atoms with Gasteiger partial charge in [0.15, 0.2) is 0 Å². The lowest BCUT2D eigenvalue weighted by molar-refractivity contribution is -0.116. The second-order valence-corrected chi connectivity index (χ2v) is 7.40. The highest BCUT2D eigenvalue weighted by atomic mass is 16.3. The van der Waals surface area contributed by atoms with Crippen molar-refractivity contribution < 1.29 is 9.90 Å². The molecule has 2 aromatic carbocycles. The zero-order chi connectivity index (χ0) is 19.0. The van der Waals surface area contributed by atoms with Gasteiger partial charge in [-0.05, 0) is 88.8 Å². The molecule has 0 saturated heterocycles. The lowest BCUT2D eigenvalue weighted by Gasteiger charge is -2.25. The molecule has 0 bridgehead atoms. The Morgan fingerprint density at radius 1 is 1.37 bits per heavy atom. The number of aliphatic hydroxyl groups excluding tert-OH is 1. The van der Waals surface area contributed by atoms with Gasteiger partial charge in [-0.15, -0.1) is 6.42 Å². The van der Waals surface area contributed by atoms with Crippen molar-refractivity contribution in [2.75, 3.05) is 0 Å². The van der Waals surface area contributed by atoms with Gasteiger partial charge in [0.05, 0.1) is 6.61 Å². The fraction of sp³-hybridized carbons (Fsp3) is 0.292. The standard InChI is InChI=1S/C24H23NO2/c1-3-15-5-7-16(8-6-15)20-12-18(13-25-23(27)4-2)22(14-26)19-10-9-17-11-21(17)24(19)20/h1,4-8,12,17,21,26H,2,9-11,13-14H2,(H,25,27). The van der Waals surface area contributed by atoms with Crippen LogP contribution in [-0.4, -0.2) is 11.0 Å². The molecule has 2 aliphatic rings. The molecule has 1 saturated carbocycles. The maximum absolute atomic E-state index is 11.6. The number of aliphatic hydroxyl groups is 1. The topological polar surface area (TPSA) is 49.3 Å². The van der Waals surface area contributed by atoms with Crippen molar-refractivity contribution in [2.24, 2.45) is 5.92 Å². The van der Waals surface area contributed by atoms with Crippen LogP contribution in [0.3, 0.4) is 0 Å². The number of amides is 1. The van der Waals surface area contributed by atoms with Gasteiger partial charge in [-0.25, -0.2) is 0 Å². The molecule has 2 atom stereocenters. The number of carbonyl (C=O) groups is 1. The molecule has 0 heterocycles. The molecular weight excluding hydrogens is 334 g/mol. The van der Waals surface area contributed by atoms with Gasteiger partial charge >= 0.3 is 0 Å². The van der Waals surface area contributed by atoms with Crippen molar-refractivity contribution in [3.63, 3.8) is 0 Å². The Labute approximate surface area is 160 Å². The highest BCUT2D eigenvalue weighted by Gasteiger charge is 2.44. The minimum Gasteiger partial charge on any atom is -0.392 e. The van der Waals surface area contributed by atoms with Crippen LogP contribution in [0, 0.1) is 18.3 Å². The number of rotatable bonds is 5. The molecule has 1 amide bonds.